The van der Waals surface area contributed by atoms with Crippen molar-refractivity contribution in [3.05, 3.63) is 53.5 Å². The molecule has 2 heterocycles. The number of hydrogen-bond donors (Lipinski definition) is 1. The SMILES string of the molecule is CC1(C)OC(=O)C([C@H]2c3cccc4cccc(c34)[N+]2(C)C)=C(O)O1. The number of aliphatic hydroxyl groups is 1. The van der Waals surface area contributed by atoms with Gasteiger partial charge in [0.05, 0.1) is 19.5 Å². The largest absolute Gasteiger partial charge is 0.480 e. The number of quaternary nitrogens is 1. The Kier molecular flexibility index (Phi) is 2.82. The molecule has 0 bridgehead atoms. The van der Waals surface area contributed by atoms with Crippen LogP contribution in [0, 0.1) is 0 Å². The summed E-state index contributed by atoms with van der Waals surface area (Å²) in [5, 5.41) is 12.7. The van der Waals surface area contributed by atoms with Crippen molar-refractivity contribution < 1.29 is 19.4 Å². The molecular weight excluding hydrogens is 306 g/mol. The summed E-state index contributed by atoms with van der Waals surface area (Å²) in [6.07, 6.45) is 0. The van der Waals surface area contributed by atoms with E-state index in [-0.39, 0.29) is 17.6 Å². The minimum absolute atomic E-state index is 0.169. The Labute approximate surface area is 140 Å². The molecule has 2 aliphatic heterocycles. The number of carbonyl (C=O) groups excluding carboxylic acids is 1. The van der Waals surface area contributed by atoms with E-state index in [1.54, 1.807) is 13.8 Å². The third kappa shape index (κ3) is 1.88. The zero-order chi connectivity index (χ0) is 17.3. The molecule has 0 amide bonds. The van der Waals surface area contributed by atoms with Crippen LogP contribution in [-0.4, -0.2) is 31.0 Å². The molecule has 2 aliphatic rings. The van der Waals surface area contributed by atoms with E-state index in [0.717, 1.165) is 22.0 Å². The molecule has 2 aromatic rings. The van der Waals surface area contributed by atoms with Crippen LogP contribution < -0.4 is 4.48 Å². The number of carbonyl (C=O) groups is 1. The van der Waals surface area contributed by atoms with Gasteiger partial charge in [0, 0.05) is 19.4 Å². The Morgan fingerprint density at radius 3 is 2.42 bits per heavy atom. The fourth-order valence-electron chi connectivity index (χ4n) is 3.93. The van der Waals surface area contributed by atoms with Gasteiger partial charge in [-0.15, -0.1) is 0 Å². The molecule has 1 N–H and O–H groups in total. The van der Waals surface area contributed by atoms with Gasteiger partial charge in [-0.3, -0.25) is 4.48 Å². The maximum Gasteiger partial charge on any atom is 0.351 e. The van der Waals surface area contributed by atoms with Gasteiger partial charge in [0.1, 0.15) is 5.69 Å². The molecule has 4 rings (SSSR count). The highest BCUT2D eigenvalue weighted by molar-refractivity contribution is 6.02. The summed E-state index contributed by atoms with van der Waals surface area (Å²) < 4.78 is 11.2. The lowest BCUT2D eigenvalue weighted by Gasteiger charge is -2.37. The first kappa shape index (κ1) is 15.0. The highest BCUT2D eigenvalue weighted by atomic mass is 16.8. The van der Waals surface area contributed by atoms with Crippen LogP contribution in [0.15, 0.2) is 47.9 Å². The minimum Gasteiger partial charge on any atom is -0.480 e. The summed E-state index contributed by atoms with van der Waals surface area (Å²) >= 11 is 0. The quantitative estimate of drug-likeness (QED) is 0.643. The summed E-state index contributed by atoms with van der Waals surface area (Å²) in [5.41, 5.74) is 2.27. The molecule has 0 saturated heterocycles. The molecule has 0 spiro atoms. The van der Waals surface area contributed by atoms with Crippen LogP contribution in [0.25, 0.3) is 10.8 Å². The Balaban J connectivity index is 1.98. The number of esters is 1. The van der Waals surface area contributed by atoms with Crippen LogP contribution in [0.3, 0.4) is 0 Å². The summed E-state index contributed by atoms with van der Waals surface area (Å²) in [5.74, 6) is -2.05. The first-order valence-corrected chi connectivity index (χ1v) is 7.94. The normalized spacial score (nSPS) is 24.0. The molecule has 0 aliphatic carbocycles. The van der Waals surface area contributed by atoms with Crippen molar-refractivity contribution in [2.24, 2.45) is 0 Å². The van der Waals surface area contributed by atoms with Gasteiger partial charge in [-0.25, -0.2) is 4.79 Å². The van der Waals surface area contributed by atoms with Crippen LogP contribution in [0.5, 0.6) is 0 Å². The summed E-state index contributed by atoms with van der Waals surface area (Å²) in [4.78, 5) is 12.6. The van der Waals surface area contributed by atoms with Crippen molar-refractivity contribution in [1.29, 1.82) is 0 Å². The average Bonchev–Trinajstić information content (AvgIpc) is 2.69. The van der Waals surface area contributed by atoms with Crippen LogP contribution in [-0.2, 0) is 14.3 Å². The van der Waals surface area contributed by atoms with Crippen molar-refractivity contribution in [1.82, 2.24) is 4.48 Å². The number of aliphatic hydroxyl groups excluding tert-OH is 1. The molecule has 5 nitrogen and oxygen atoms in total. The van der Waals surface area contributed by atoms with Crippen LogP contribution in [0.4, 0.5) is 5.69 Å². The van der Waals surface area contributed by atoms with E-state index in [0.29, 0.717) is 4.48 Å². The molecule has 5 heteroatoms. The molecule has 124 valence electrons. The molecule has 0 fully saturated rings. The van der Waals surface area contributed by atoms with Gasteiger partial charge in [0.2, 0.25) is 0 Å². The molecule has 0 aromatic heterocycles. The van der Waals surface area contributed by atoms with Gasteiger partial charge < -0.3 is 14.6 Å². The summed E-state index contributed by atoms with van der Waals surface area (Å²) in [7, 11) is 4.04. The Bertz CT molecular complexity index is 905. The second kappa shape index (κ2) is 4.51. The monoisotopic (exact) mass is 326 g/mol. The van der Waals surface area contributed by atoms with E-state index >= 15 is 0 Å². The standard InChI is InChI=1S/C19H19NO4/c1-19(2)23-17(21)15(18(22)24-19)16-12-9-5-7-11-8-6-10-13(14(11)12)20(16,3)4/h5-10,16H,1-4H3/p+1/t16-/m1/s1. The molecule has 0 radical (unpaired) electrons. The predicted molar refractivity (Wildman–Crippen MR) is 91.2 cm³/mol. The number of nitrogens with zero attached hydrogens (tertiary/aromatic N) is 1. The van der Waals surface area contributed by atoms with Crippen LogP contribution in [0.2, 0.25) is 0 Å². The molecule has 0 unspecified atom stereocenters. The maximum atomic E-state index is 12.6. The van der Waals surface area contributed by atoms with Gasteiger partial charge in [-0.05, 0) is 11.5 Å². The third-order valence-electron chi connectivity index (χ3n) is 4.88. The van der Waals surface area contributed by atoms with Crippen LogP contribution >= 0.6 is 0 Å². The Hall–Kier alpha value is -2.53. The number of benzene rings is 2. The minimum atomic E-state index is -1.17. The maximum absolute atomic E-state index is 12.6. The van der Waals surface area contributed by atoms with Gasteiger partial charge in [-0.2, -0.15) is 0 Å². The second-order valence-electron chi connectivity index (χ2n) is 7.28. The fraction of sp³-hybridized carbons (Fsp3) is 0.316. The van der Waals surface area contributed by atoms with Crippen molar-refractivity contribution in [3.8, 4) is 0 Å². The summed E-state index contributed by atoms with van der Waals surface area (Å²) in [6.45, 7) is 3.20. The molecule has 0 saturated carbocycles. The van der Waals surface area contributed by atoms with E-state index in [9.17, 15) is 9.90 Å². The first-order chi connectivity index (χ1) is 11.2. The smallest absolute Gasteiger partial charge is 0.351 e. The first-order valence-electron chi connectivity index (χ1n) is 7.94. The van der Waals surface area contributed by atoms with Crippen molar-refractivity contribution >= 4 is 22.4 Å². The number of cyclic esters (lactones) is 1. The Morgan fingerprint density at radius 1 is 1.08 bits per heavy atom. The molecular formula is C19H20NO4+. The fourth-order valence-corrected chi connectivity index (χ4v) is 3.93. The second-order valence-corrected chi connectivity index (χ2v) is 7.28. The van der Waals surface area contributed by atoms with Gasteiger partial charge in [0.15, 0.2) is 11.6 Å². The number of likely N-dealkylation sites (N-methyl/N-ethyl adjacent to an activating group) is 1. The van der Waals surface area contributed by atoms with E-state index in [1.807, 2.05) is 32.3 Å². The lowest BCUT2D eigenvalue weighted by molar-refractivity contribution is -0.223. The summed E-state index contributed by atoms with van der Waals surface area (Å²) in [6, 6.07) is 11.8. The van der Waals surface area contributed by atoms with Gasteiger partial charge >= 0.3 is 5.97 Å². The third-order valence-corrected chi connectivity index (χ3v) is 4.88. The lowest BCUT2D eigenvalue weighted by atomic mass is 9.96. The van der Waals surface area contributed by atoms with Crippen molar-refractivity contribution in [3.63, 3.8) is 0 Å². The van der Waals surface area contributed by atoms with E-state index in [4.69, 9.17) is 9.47 Å². The average molecular weight is 326 g/mol. The highest BCUT2D eigenvalue weighted by Crippen LogP contribution is 2.51. The molecule has 24 heavy (non-hydrogen) atoms. The topological polar surface area (TPSA) is 55.8 Å². The highest BCUT2D eigenvalue weighted by Gasteiger charge is 2.51. The van der Waals surface area contributed by atoms with Crippen LogP contribution in [0.1, 0.15) is 25.5 Å². The number of hydrogen-bond acceptors (Lipinski definition) is 4. The number of rotatable bonds is 1. The zero-order valence-electron chi connectivity index (χ0n) is 14.2. The lowest BCUT2D eigenvalue weighted by Crippen LogP contribution is -2.47. The van der Waals surface area contributed by atoms with Gasteiger partial charge in [0.25, 0.3) is 11.7 Å². The Morgan fingerprint density at radius 2 is 1.75 bits per heavy atom. The number of ether oxygens (including phenoxy) is 2. The predicted octanol–water partition coefficient (Wildman–Crippen LogP) is 3.54. The van der Waals surface area contributed by atoms with Crippen molar-refractivity contribution in [2.45, 2.75) is 25.7 Å². The van der Waals surface area contributed by atoms with Crippen molar-refractivity contribution in [2.75, 3.05) is 14.1 Å². The van der Waals surface area contributed by atoms with Gasteiger partial charge in [-0.1, -0.05) is 30.3 Å². The van der Waals surface area contributed by atoms with E-state index < -0.39 is 11.8 Å². The zero-order valence-corrected chi connectivity index (χ0v) is 14.2. The van der Waals surface area contributed by atoms with E-state index in [2.05, 4.69) is 18.2 Å². The van der Waals surface area contributed by atoms with E-state index in [1.165, 1.54) is 0 Å². The molecule has 2 aromatic carbocycles. The molecule has 1 atom stereocenters.